The highest BCUT2D eigenvalue weighted by molar-refractivity contribution is 6.31. The second-order valence-electron chi connectivity index (χ2n) is 6.22. The maximum absolute atomic E-state index is 12.9. The number of benzene rings is 1. The van der Waals surface area contributed by atoms with E-state index in [1.54, 1.807) is 26.1 Å². The number of furan rings is 1. The number of rotatable bonds is 7. The normalized spacial score (nSPS) is 12.7. The summed E-state index contributed by atoms with van der Waals surface area (Å²) >= 11 is 5.55. The van der Waals surface area contributed by atoms with Crippen LogP contribution in [-0.2, 0) is 15.8 Å². The molecule has 0 fully saturated rings. The predicted molar refractivity (Wildman–Crippen MR) is 97.8 cm³/mol. The Balaban J connectivity index is 1.86. The molecule has 152 valence electrons. The third-order valence-corrected chi connectivity index (χ3v) is 4.06. The molecule has 1 heterocycles. The highest BCUT2D eigenvalue weighted by Crippen LogP contribution is 2.36. The molecule has 0 aliphatic rings. The summed E-state index contributed by atoms with van der Waals surface area (Å²) in [5.74, 6) is -0.299. The number of amides is 2. The number of likely N-dealkylation sites (N-methyl/N-ethyl adjacent to an activating group) is 1. The van der Waals surface area contributed by atoms with Crippen LogP contribution >= 0.6 is 11.6 Å². The van der Waals surface area contributed by atoms with Crippen LogP contribution in [0.2, 0.25) is 5.02 Å². The summed E-state index contributed by atoms with van der Waals surface area (Å²) in [5, 5.41) is 4.63. The molecule has 1 atom stereocenters. The minimum absolute atomic E-state index is 0.0361. The third kappa shape index (κ3) is 6.28. The number of hydrogen-bond donors (Lipinski definition) is 2. The number of nitrogens with one attached hydrogen (secondary N) is 2. The average Bonchev–Trinajstić information content (AvgIpc) is 3.09. The van der Waals surface area contributed by atoms with Crippen LogP contribution in [0.3, 0.4) is 0 Å². The van der Waals surface area contributed by atoms with Gasteiger partial charge in [-0.15, -0.1) is 0 Å². The van der Waals surface area contributed by atoms with E-state index >= 15 is 0 Å². The number of nitrogens with zero attached hydrogens (tertiary/aromatic N) is 1. The second-order valence-corrected chi connectivity index (χ2v) is 6.62. The van der Waals surface area contributed by atoms with Gasteiger partial charge in [0.15, 0.2) is 0 Å². The number of halogens is 4. The number of anilines is 1. The van der Waals surface area contributed by atoms with Gasteiger partial charge in [-0.2, -0.15) is 13.2 Å². The van der Waals surface area contributed by atoms with E-state index in [9.17, 15) is 22.8 Å². The molecule has 2 amide bonds. The van der Waals surface area contributed by atoms with Gasteiger partial charge in [-0.05, 0) is 44.3 Å². The van der Waals surface area contributed by atoms with Crippen LogP contribution in [-0.4, -0.2) is 36.9 Å². The molecule has 10 heteroatoms. The fourth-order valence-corrected chi connectivity index (χ4v) is 2.69. The van der Waals surface area contributed by atoms with Crippen molar-refractivity contribution < 1.29 is 27.2 Å². The van der Waals surface area contributed by atoms with Crippen molar-refractivity contribution in [1.29, 1.82) is 0 Å². The van der Waals surface area contributed by atoms with Gasteiger partial charge in [0, 0.05) is 5.69 Å². The minimum Gasteiger partial charge on any atom is -0.467 e. The van der Waals surface area contributed by atoms with Gasteiger partial charge in [0.05, 0.1) is 36.0 Å². The van der Waals surface area contributed by atoms with Crippen molar-refractivity contribution in [2.24, 2.45) is 0 Å². The summed E-state index contributed by atoms with van der Waals surface area (Å²) in [4.78, 5) is 25.5. The fourth-order valence-electron chi connectivity index (χ4n) is 2.46. The van der Waals surface area contributed by atoms with Gasteiger partial charge in [-0.3, -0.25) is 14.5 Å². The SMILES string of the molecule is C[C@H](NC(=O)CN(C)CC(=O)Nc1ccc(Cl)c(C(F)(F)F)c1)c1ccco1. The Morgan fingerprint density at radius 3 is 2.50 bits per heavy atom. The maximum atomic E-state index is 12.9. The van der Waals surface area contributed by atoms with Crippen molar-refractivity contribution in [1.82, 2.24) is 10.2 Å². The van der Waals surface area contributed by atoms with Crippen molar-refractivity contribution >= 4 is 29.1 Å². The van der Waals surface area contributed by atoms with Gasteiger partial charge in [-0.1, -0.05) is 11.6 Å². The first kappa shape index (κ1) is 21.8. The van der Waals surface area contributed by atoms with Crippen LogP contribution < -0.4 is 10.6 Å². The van der Waals surface area contributed by atoms with Crippen molar-refractivity contribution in [3.05, 3.63) is 52.9 Å². The van der Waals surface area contributed by atoms with Gasteiger partial charge in [0.25, 0.3) is 0 Å². The molecule has 28 heavy (non-hydrogen) atoms. The lowest BCUT2D eigenvalue weighted by atomic mass is 10.2. The van der Waals surface area contributed by atoms with E-state index < -0.39 is 22.7 Å². The lowest BCUT2D eigenvalue weighted by molar-refractivity contribution is -0.137. The lowest BCUT2D eigenvalue weighted by Crippen LogP contribution is -2.39. The first-order valence-electron chi connectivity index (χ1n) is 8.24. The zero-order valence-electron chi connectivity index (χ0n) is 15.1. The predicted octanol–water partition coefficient (Wildman–Crippen LogP) is 3.70. The summed E-state index contributed by atoms with van der Waals surface area (Å²) in [7, 11) is 1.54. The summed E-state index contributed by atoms with van der Waals surface area (Å²) in [6, 6.07) is 6.19. The van der Waals surface area contributed by atoms with Crippen LogP contribution in [0, 0.1) is 0 Å². The Kier molecular flexibility index (Phi) is 7.09. The highest BCUT2D eigenvalue weighted by Gasteiger charge is 2.33. The Labute approximate surface area is 164 Å². The summed E-state index contributed by atoms with van der Waals surface area (Å²) < 4.78 is 43.8. The molecule has 2 aromatic rings. The third-order valence-electron chi connectivity index (χ3n) is 3.73. The fraction of sp³-hybridized carbons (Fsp3) is 0.333. The number of carbonyl (C=O) groups excluding carboxylic acids is 2. The first-order chi connectivity index (χ1) is 13.1. The molecule has 1 aromatic carbocycles. The Bertz CT molecular complexity index is 825. The molecular formula is C18H19ClF3N3O3. The smallest absolute Gasteiger partial charge is 0.417 e. The van der Waals surface area contributed by atoms with Gasteiger partial charge in [0.2, 0.25) is 11.8 Å². The van der Waals surface area contributed by atoms with Crippen LogP contribution in [0.1, 0.15) is 24.3 Å². The molecular weight excluding hydrogens is 399 g/mol. The van der Waals surface area contributed by atoms with Crippen molar-refractivity contribution in [3.63, 3.8) is 0 Å². The molecule has 0 spiro atoms. The van der Waals surface area contributed by atoms with Gasteiger partial charge in [0.1, 0.15) is 5.76 Å². The molecule has 2 N–H and O–H groups in total. The van der Waals surface area contributed by atoms with Crippen molar-refractivity contribution in [2.45, 2.75) is 19.1 Å². The van der Waals surface area contributed by atoms with Crippen LogP contribution in [0.5, 0.6) is 0 Å². The van der Waals surface area contributed by atoms with Crippen molar-refractivity contribution in [3.8, 4) is 0 Å². The Morgan fingerprint density at radius 1 is 1.21 bits per heavy atom. The van der Waals surface area contributed by atoms with E-state index in [0.29, 0.717) is 5.76 Å². The number of alkyl halides is 3. The summed E-state index contributed by atoms with van der Waals surface area (Å²) in [6.07, 6.45) is -3.13. The summed E-state index contributed by atoms with van der Waals surface area (Å²) in [5.41, 5.74) is -1.07. The Morgan fingerprint density at radius 2 is 1.89 bits per heavy atom. The van der Waals surface area contributed by atoms with E-state index in [0.717, 1.165) is 12.1 Å². The van der Waals surface area contributed by atoms with E-state index in [1.807, 2.05) is 0 Å². The van der Waals surface area contributed by atoms with E-state index in [2.05, 4.69) is 10.6 Å². The minimum atomic E-state index is -4.63. The quantitative estimate of drug-likeness (QED) is 0.720. The molecule has 0 bridgehead atoms. The zero-order valence-corrected chi connectivity index (χ0v) is 15.9. The molecule has 6 nitrogen and oxygen atoms in total. The van der Waals surface area contributed by atoms with E-state index in [4.69, 9.17) is 16.0 Å². The average molecular weight is 418 g/mol. The largest absolute Gasteiger partial charge is 0.467 e. The monoisotopic (exact) mass is 417 g/mol. The van der Waals surface area contributed by atoms with E-state index in [-0.39, 0.29) is 30.7 Å². The standard InChI is InChI=1S/C18H19ClF3N3O3/c1-11(15-4-3-7-28-15)23-16(26)9-25(2)10-17(27)24-12-5-6-14(19)13(8-12)18(20,21)22/h3-8,11H,9-10H2,1-2H3,(H,23,26)(H,24,27)/t11-/m0/s1. The molecule has 2 rings (SSSR count). The molecule has 0 aliphatic carbocycles. The lowest BCUT2D eigenvalue weighted by Gasteiger charge is -2.18. The van der Waals surface area contributed by atoms with Crippen LogP contribution in [0.4, 0.5) is 18.9 Å². The van der Waals surface area contributed by atoms with Gasteiger partial charge < -0.3 is 15.1 Å². The molecule has 1 aromatic heterocycles. The Hall–Kier alpha value is -2.52. The molecule has 0 saturated carbocycles. The molecule has 0 aliphatic heterocycles. The van der Waals surface area contributed by atoms with Crippen molar-refractivity contribution in [2.75, 3.05) is 25.5 Å². The number of carbonyl (C=O) groups is 2. The van der Waals surface area contributed by atoms with Gasteiger partial charge >= 0.3 is 6.18 Å². The highest BCUT2D eigenvalue weighted by atomic mass is 35.5. The second kappa shape index (κ2) is 9.11. The zero-order chi connectivity index (χ0) is 20.9. The van der Waals surface area contributed by atoms with Crippen LogP contribution in [0.25, 0.3) is 0 Å². The molecule has 0 saturated heterocycles. The summed E-state index contributed by atoms with van der Waals surface area (Å²) in [6.45, 7) is 1.49. The van der Waals surface area contributed by atoms with E-state index in [1.165, 1.54) is 17.2 Å². The topological polar surface area (TPSA) is 74.6 Å². The first-order valence-corrected chi connectivity index (χ1v) is 8.62. The van der Waals surface area contributed by atoms with Gasteiger partial charge in [-0.25, -0.2) is 0 Å². The molecule has 0 unspecified atom stereocenters. The number of hydrogen-bond acceptors (Lipinski definition) is 4. The van der Waals surface area contributed by atoms with Crippen LogP contribution in [0.15, 0.2) is 41.0 Å². The maximum Gasteiger partial charge on any atom is 0.417 e. The molecule has 0 radical (unpaired) electrons.